The largest absolute Gasteiger partial charge is 0.356 e. The fraction of sp³-hybridized carbons (Fsp3) is 0.389. The van der Waals surface area contributed by atoms with E-state index in [0.29, 0.717) is 29.5 Å². The van der Waals surface area contributed by atoms with Crippen LogP contribution in [0.25, 0.3) is 0 Å². The van der Waals surface area contributed by atoms with Crippen molar-refractivity contribution < 1.29 is 12.8 Å². The van der Waals surface area contributed by atoms with Crippen LogP contribution in [0.4, 0.5) is 4.39 Å². The summed E-state index contributed by atoms with van der Waals surface area (Å²) >= 11 is 1.71. The van der Waals surface area contributed by atoms with Crippen LogP contribution in [0.2, 0.25) is 0 Å². The Morgan fingerprint density at radius 1 is 1.26 bits per heavy atom. The van der Waals surface area contributed by atoms with Crippen LogP contribution in [0.5, 0.6) is 0 Å². The summed E-state index contributed by atoms with van der Waals surface area (Å²) in [5, 5.41) is 8.41. The smallest absolute Gasteiger partial charge is 0.191 e. The van der Waals surface area contributed by atoms with Gasteiger partial charge in [-0.25, -0.2) is 12.8 Å². The zero-order chi connectivity index (χ0) is 19.2. The van der Waals surface area contributed by atoms with Crippen molar-refractivity contribution in [2.24, 2.45) is 4.99 Å². The van der Waals surface area contributed by atoms with E-state index in [2.05, 4.69) is 28.6 Å². The van der Waals surface area contributed by atoms with E-state index in [-0.39, 0.29) is 36.3 Å². The van der Waals surface area contributed by atoms with E-state index in [9.17, 15) is 12.8 Å². The van der Waals surface area contributed by atoms with Crippen molar-refractivity contribution in [2.45, 2.75) is 25.1 Å². The van der Waals surface area contributed by atoms with Gasteiger partial charge in [-0.3, -0.25) is 4.99 Å². The Balaban J connectivity index is 0.00000364. The average Bonchev–Trinajstić information content (AvgIpc) is 3.10. The zero-order valence-corrected chi connectivity index (χ0v) is 19.5. The highest BCUT2D eigenvalue weighted by atomic mass is 127. The molecule has 1 aromatic carbocycles. The second kappa shape index (κ2) is 11.0. The summed E-state index contributed by atoms with van der Waals surface area (Å²) in [6.45, 7) is 3.12. The summed E-state index contributed by atoms with van der Waals surface area (Å²) < 4.78 is 36.7. The number of rotatable bonds is 7. The van der Waals surface area contributed by atoms with E-state index in [4.69, 9.17) is 0 Å². The molecule has 1 unspecified atom stereocenters. The predicted octanol–water partition coefficient (Wildman–Crippen LogP) is 3.52. The lowest BCUT2D eigenvalue weighted by molar-refractivity contribution is 0.599. The van der Waals surface area contributed by atoms with Crippen LogP contribution in [-0.4, -0.2) is 34.2 Å². The third kappa shape index (κ3) is 8.14. The number of thiophene rings is 1. The van der Waals surface area contributed by atoms with Crippen LogP contribution in [0, 0.1) is 5.82 Å². The normalized spacial score (nSPS) is 13.0. The minimum absolute atomic E-state index is 0. The first-order chi connectivity index (χ1) is 12.3. The number of sulfone groups is 1. The summed E-state index contributed by atoms with van der Waals surface area (Å²) in [5.41, 5.74) is 1.19. The molecule has 150 valence electrons. The maximum absolute atomic E-state index is 13.6. The van der Waals surface area contributed by atoms with Gasteiger partial charge in [0.05, 0.1) is 5.75 Å². The molecule has 0 bridgehead atoms. The molecule has 5 nitrogen and oxygen atoms in total. The minimum Gasteiger partial charge on any atom is -0.356 e. The van der Waals surface area contributed by atoms with Crippen molar-refractivity contribution in [1.82, 2.24) is 10.6 Å². The Morgan fingerprint density at radius 3 is 2.59 bits per heavy atom. The second-order valence-corrected chi connectivity index (χ2v) is 9.33. The van der Waals surface area contributed by atoms with Crippen LogP contribution in [0.15, 0.2) is 40.7 Å². The van der Waals surface area contributed by atoms with Crippen molar-refractivity contribution in [3.63, 3.8) is 0 Å². The molecule has 1 heterocycles. The summed E-state index contributed by atoms with van der Waals surface area (Å²) in [7, 11) is -1.54. The third-order valence-electron chi connectivity index (χ3n) is 3.86. The van der Waals surface area contributed by atoms with Crippen molar-refractivity contribution in [3.05, 3.63) is 57.5 Å². The van der Waals surface area contributed by atoms with Gasteiger partial charge in [0.25, 0.3) is 0 Å². The number of nitrogens with one attached hydrogen (secondary N) is 2. The first-order valence-electron chi connectivity index (χ1n) is 8.21. The topological polar surface area (TPSA) is 70.6 Å². The van der Waals surface area contributed by atoms with E-state index in [1.54, 1.807) is 18.4 Å². The van der Waals surface area contributed by atoms with E-state index < -0.39 is 15.7 Å². The van der Waals surface area contributed by atoms with Crippen LogP contribution < -0.4 is 10.6 Å². The van der Waals surface area contributed by atoms with E-state index >= 15 is 0 Å². The van der Waals surface area contributed by atoms with Gasteiger partial charge in [-0.05, 0) is 34.7 Å². The molecule has 0 saturated carbocycles. The lowest BCUT2D eigenvalue weighted by atomic mass is 10.1. The predicted molar refractivity (Wildman–Crippen MR) is 121 cm³/mol. The molecule has 9 heteroatoms. The van der Waals surface area contributed by atoms with Crippen molar-refractivity contribution in [3.8, 4) is 0 Å². The Labute approximate surface area is 181 Å². The molecule has 2 aromatic rings. The lowest BCUT2D eigenvalue weighted by Crippen LogP contribution is -2.38. The van der Waals surface area contributed by atoms with Gasteiger partial charge in [0.2, 0.25) is 0 Å². The number of benzene rings is 1. The van der Waals surface area contributed by atoms with Gasteiger partial charge < -0.3 is 10.6 Å². The van der Waals surface area contributed by atoms with Gasteiger partial charge >= 0.3 is 0 Å². The molecule has 2 rings (SSSR count). The molecule has 27 heavy (non-hydrogen) atoms. The quantitative estimate of drug-likeness (QED) is 0.330. The average molecular weight is 525 g/mol. The maximum Gasteiger partial charge on any atom is 0.191 e. The third-order valence-corrected chi connectivity index (χ3v) is 5.80. The minimum atomic E-state index is -3.20. The molecule has 0 radical (unpaired) electrons. The van der Waals surface area contributed by atoms with Gasteiger partial charge in [-0.15, -0.1) is 35.3 Å². The van der Waals surface area contributed by atoms with Gasteiger partial charge in [-0.2, -0.15) is 0 Å². The first kappa shape index (κ1) is 23.8. The molecule has 0 spiro atoms. The summed E-state index contributed by atoms with van der Waals surface area (Å²) in [6, 6.07) is 8.27. The summed E-state index contributed by atoms with van der Waals surface area (Å²) in [4.78, 5) is 5.45. The molecule has 0 aliphatic rings. The maximum atomic E-state index is 13.6. The fourth-order valence-corrected chi connectivity index (χ4v) is 4.14. The molecule has 0 aliphatic carbocycles. The highest BCUT2D eigenvalue weighted by Gasteiger charge is 2.12. The van der Waals surface area contributed by atoms with Crippen molar-refractivity contribution in [2.75, 3.05) is 19.8 Å². The summed E-state index contributed by atoms with van der Waals surface area (Å²) in [5.74, 6) is 0.408. The molecule has 0 amide bonds. The fourth-order valence-electron chi connectivity index (χ4n) is 2.50. The van der Waals surface area contributed by atoms with Gasteiger partial charge in [-0.1, -0.05) is 19.1 Å². The zero-order valence-electron chi connectivity index (χ0n) is 15.5. The number of nitrogens with zero attached hydrogens (tertiary/aromatic N) is 1. The van der Waals surface area contributed by atoms with E-state index in [1.807, 2.05) is 11.4 Å². The van der Waals surface area contributed by atoms with Crippen molar-refractivity contribution >= 4 is 51.1 Å². The highest BCUT2D eigenvalue weighted by molar-refractivity contribution is 14.0. The Hall–Kier alpha value is -1.20. The number of hydrogen-bond acceptors (Lipinski definition) is 4. The molecule has 1 atom stereocenters. The van der Waals surface area contributed by atoms with Crippen LogP contribution in [-0.2, 0) is 22.1 Å². The lowest BCUT2D eigenvalue weighted by Gasteiger charge is -2.16. The Bertz CT molecular complexity index is 855. The van der Waals surface area contributed by atoms with E-state index in [0.717, 1.165) is 0 Å². The summed E-state index contributed by atoms with van der Waals surface area (Å²) in [6.07, 6.45) is 1.17. The number of hydrogen-bond donors (Lipinski definition) is 2. The molecule has 0 aliphatic heterocycles. The molecular weight excluding hydrogens is 500 g/mol. The SMILES string of the molecule is CN=C(NCc1cc(F)ccc1CS(C)(=O)=O)NCC(C)c1cccs1.I. The molecule has 0 saturated heterocycles. The van der Waals surface area contributed by atoms with Gasteiger partial charge in [0.15, 0.2) is 15.8 Å². The number of aliphatic imine (C=N–C) groups is 1. The van der Waals surface area contributed by atoms with E-state index in [1.165, 1.54) is 29.3 Å². The standard InChI is InChI=1S/C18H24FN3O2S2.HI/c1-13(17-5-4-8-25-17)10-21-18(20-2)22-11-15-9-16(19)7-6-14(15)12-26(3,23)24;/h4-9,13H,10-12H2,1-3H3,(H2,20,21,22);1H. The first-order valence-corrected chi connectivity index (χ1v) is 11.2. The highest BCUT2D eigenvalue weighted by Crippen LogP contribution is 2.19. The molecule has 1 aromatic heterocycles. The van der Waals surface area contributed by atoms with Gasteiger partial charge in [0.1, 0.15) is 5.82 Å². The Morgan fingerprint density at radius 2 is 2.00 bits per heavy atom. The van der Waals surface area contributed by atoms with Gasteiger partial charge in [0, 0.05) is 37.2 Å². The molecule has 0 fully saturated rings. The van der Waals surface area contributed by atoms with Crippen molar-refractivity contribution in [1.29, 1.82) is 0 Å². The molecule has 2 N–H and O–H groups in total. The van der Waals surface area contributed by atoms with Crippen LogP contribution >= 0.6 is 35.3 Å². The number of halogens is 2. The Kier molecular flexibility index (Phi) is 9.68. The monoisotopic (exact) mass is 525 g/mol. The van der Waals surface area contributed by atoms with Crippen LogP contribution in [0.3, 0.4) is 0 Å². The van der Waals surface area contributed by atoms with Crippen LogP contribution in [0.1, 0.15) is 28.8 Å². The number of guanidine groups is 1. The second-order valence-electron chi connectivity index (χ2n) is 6.21. The molecular formula is C18H25FIN3O2S2.